The third kappa shape index (κ3) is 1.46. The number of aldehydes is 1. The Morgan fingerprint density at radius 3 is 2.93 bits per heavy atom. The van der Waals surface area contributed by atoms with Gasteiger partial charge in [0.15, 0.2) is 6.29 Å². The molecule has 2 saturated carbocycles. The molecule has 3 atom stereocenters. The molecule has 3 nitrogen and oxygen atoms in total. The molecule has 3 unspecified atom stereocenters. The van der Waals surface area contributed by atoms with E-state index >= 15 is 0 Å². The summed E-state index contributed by atoms with van der Waals surface area (Å²) < 4.78 is 0. The Bertz CT molecular complexity index is 391. The van der Waals surface area contributed by atoms with Gasteiger partial charge in [0.1, 0.15) is 11.5 Å². The van der Waals surface area contributed by atoms with Gasteiger partial charge in [-0.25, -0.2) is 9.97 Å². The summed E-state index contributed by atoms with van der Waals surface area (Å²) in [6.07, 6.45) is 7.79. The zero-order valence-corrected chi connectivity index (χ0v) is 8.60. The summed E-state index contributed by atoms with van der Waals surface area (Å²) in [6, 6.07) is 1.67. The Morgan fingerprint density at radius 1 is 1.33 bits per heavy atom. The van der Waals surface area contributed by atoms with E-state index in [4.69, 9.17) is 0 Å². The molecule has 1 aromatic heterocycles. The average molecular weight is 202 g/mol. The average Bonchev–Trinajstić information content (AvgIpc) is 2.91. The van der Waals surface area contributed by atoms with E-state index in [2.05, 4.69) is 9.97 Å². The zero-order valence-electron chi connectivity index (χ0n) is 8.60. The van der Waals surface area contributed by atoms with Gasteiger partial charge in [-0.3, -0.25) is 4.79 Å². The van der Waals surface area contributed by atoms with Crippen molar-refractivity contribution in [1.82, 2.24) is 9.97 Å². The first-order chi connectivity index (χ1) is 7.36. The minimum absolute atomic E-state index is 0.516. The van der Waals surface area contributed by atoms with E-state index < -0.39 is 0 Å². The molecule has 0 radical (unpaired) electrons. The molecule has 2 aliphatic carbocycles. The highest BCUT2D eigenvalue weighted by Crippen LogP contribution is 2.51. The molecule has 15 heavy (non-hydrogen) atoms. The summed E-state index contributed by atoms with van der Waals surface area (Å²) >= 11 is 0. The first kappa shape index (κ1) is 9.01. The predicted octanol–water partition coefficient (Wildman–Crippen LogP) is 2.19. The van der Waals surface area contributed by atoms with Crippen molar-refractivity contribution in [3.63, 3.8) is 0 Å². The fourth-order valence-electron chi connectivity index (χ4n) is 3.19. The quantitative estimate of drug-likeness (QED) is 0.690. The van der Waals surface area contributed by atoms with Crippen molar-refractivity contribution in [2.75, 3.05) is 0 Å². The van der Waals surface area contributed by atoms with E-state index in [0.29, 0.717) is 11.6 Å². The molecule has 0 spiro atoms. The minimum Gasteiger partial charge on any atom is -0.296 e. The van der Waals surface area contributed by atoms with Gasteiger partial charge in [-0.05, 0) is 37.2 Å². The monoisotopic (exact) mass is 202 g/mol. The van der Waals surface area contributed by atoms with Crippen LogP contribution < -0.4 is 0 Å². The number of carbonyl (C=O) groups is 1. The number of carbonyl (C=O) groups excluding carboxylic acids is 1. The van der Waals surface area contributed by atoms with Gasteiger partial charge >= 0.3 is 0 Å². The molecule has 0 N–H and O–H groups in total. The van der Waals surface area contributed by atoms with Gasteiger partial charge in [0.2, 0.25) is 0 Å². The van der Waals surface area contributed by atoms with Crippen molar-refractivity contribution < 1.29 is 4.79 Å². The van der Waals surface area contributed by atoms with Crippen molar-refractivity contribution >= 4 is 6.29 Å². The number of hydrogen-bond donors (Lipinski definition) is 0. The summed E-state index contributed by atoms with van der Waals surface area (Å²) in [7, 11) is 0. The summed E-state index contributed by atoms with van der Waals surface area (Å²) in [5.74, 6) is 3.08. The largest absolute Gasteiger partial charge is 0.296 e. The highest BCUT2D eigenvalue weighted by Gasteiger charge is 2.41. The van der Waals surface area contributed by atoms with Crippen LogP contribution in [-0.4, -0.2) is 16.3 Å². The van der Waals surface area contributed by atoms with Gasteiger partial charge in [0.25, 0.3) is 0 Å². The molecular formula is C12H14N2O. The van der Waals surface area contributed by atoms with E-state index in [1.165, 1.54) is 25.7 Å². The Balaban J connectivity index is 1.89. The van der Waals surface area contributed by atoms with Crippen molar-refractivity contribution in [2.45, 2.75) is 31.6 Å². The number of rotatable bonds is 2. The first-order valence-corrected chi connectivity index (χ1v) is 5.65. The lowest BCUT2D eigenvalue weighted by atomic mass is 9.88. The van der Waals surface area contributed by atoms with Crippen LogP contribution in [0.4, 0.5) is 0 Å². The van der Waals surface area contributed by atoms with Gasteiger partial charge in [-0.2, -0.15) is 0 Å². The van der Waals surface area contributed by atoms with Gasteiger partial charge in [-0.15, -0.1) is 0 Å². The third-order valence-electron chi connectivity index (χ3n) is 3.89. The molecule has 1 aromatic rings. The first-order valence-electron chi connectivity index (χ1n) is 5.65. The van der Waals surface area contributed by atoms with Crippen LogP contribution in [0.2, 0.25) is 0 Å². The lowest BCUT2D eigenvalue weighted by molar-refractivity contribution is 0.111. The molecular weight excluding hydrogens is 188 g/mol. The molecule has 2 bridgehead atoms. The number of aromatic nitrogens is 2. The summed E-state index contributed by atoms with van der Waals surface area (Å²) in [5.41, 5.74) is 0.516. The molecule has 0 aliphatic heterocycles. The van der Waals surface area contributed by atoms with Gasteiger partial charge in [-0.1, -0.05) is 6.42 Å². The Kier molecular flexibility index (Phi) is 2.04. The maximum Gasteiger partial charge on any atom is 0.168 e. The smallest absolute Gasteiger partial charge is 0.168 e. The highest BCUT2D eigenvalue weighted by atomic mass is 16.1. The van der Waals surface area contributed by atoms with Crippen molar-refractivity contribution in [1.29, 1.82) is 0 Å². The SMILES string of the molecule is O=Cc1ccnc(C2CC3CCC2C3)n1. The second-order valence-corrected chi connectivity index (χ2v) is 4.74. The molecule has 78 valence electrons. The van der Waals surface area contributed by atoms with E-state index in [9.17, 15) is 4.79 Å². The minimum atomic E-state index is 0.516. The van der Waals surface area contributed by atoms with E-state index in [0.717, 1.165) is 23.9 Å². The Labute approximate surface area is 88.9 Å². The van der Waals surface area contributed by atoms with Crippen LogP contribution in [0.15, 0.2) is 12.3 Å². The Hall–Kier alpha value is -1.25. The van der Waals surface area contributed by atoms with Crippen molar-refractivity contribution in [2.24, 2.45) is 11.8 Å². The van der Waals surface area contributed by atoms with Crippen LogP contribution in [0.25, 0.3) is 0 Å². The van der Waals surface area contributed by atoms with E-state index in [-0.39, 0.29) is 0 Å². The summed E-state index contributed by atoms with van der Waals surface area (Å²) in [4.78, 5) is 19.3. The summed E-state index contributed by atoms with van der Waals surface area (Å²) in [6.45, 7) is 0. The second-order valence-electron chi connectivity index (χ2n) is 4.74. The zero-order chi connectivity index (χ0) is 10.3. The van der Waals surface area contributed by atoms with E-state index in [1.807, 2.05) is 0 Å². The maximum atomic E-state index is 10.6. The molecule has 2 aliphatic rings. The van der Waals surface area contributed by atoms with Crippen LogP contribution in [-0.2, 0) is 0 Å². The van der Waals surface area contributed by atoms with E-state index in [1.54, 1.807) is 12.3 Å². The van der Waals surface area contributed by atoms with Crippen LogP contribution in [0, 0.1) is 11.8 Å². The molecule has 3 rings (SSSR count). The fourth-order valence-corrected chi connectivity index (χ4v) is 3.19. The number of nitrogens with zero attached hydrogens (tertiary/aromatic N) is 2. The van der Waals surface area contributed by atoms with Crippen molar-refractivity contribution in [3.8, 4) is 0 Å². The highest BCUT2D eigenvalue weighted by molar-refractivity contribution is 5.71. The third-order valence-corrected chi connectivity index (χ3v) is 3.89. The normalized spacial score (nSPS) is 33.2. The van der Waals surface area contributed by atoms with Crippen LogP contribution >= 0.6 is 0 Å². The predicted molar refractivity (Wildman–Crippen MR) is 55.6 cm³/mol. The van der Waals surface area contributed by atoms with Gasteiger partial charge < -0.3 is 0 Å². The molecule has 0 amide bonds. The maximum absolute atomic E-state index is 10.6. The standard InChI is InChI=1S/C12H14N2O/c15-7-10-3-4-13-12(14-10)11-6-8-1-2-9(11)5-8/h3-4,7-9,11H,1-2,5-6H2. The second kappa shape index (κ2) is 3.40. The topological polar surface area (TPSA) is 42.9 Å². The molecule has 0 saturated heterocycles. The molecule has 2 fully saturated rings. The summed E-state index contributed by atoms with van der Waals surface area (Å²) in [5, 5.41) is 0. The molecule has 3 heteroatoms. The number of hydrogen-bond acceptors (Lipinski definition) is 3. The van der Waals surface area contributed by atoms with Gasteiger partial charge in [0.05, 0.1) is 0 Å². The van der Waals surface area contributed by atoms with Gasteiger partial charge in [0, 0.05) is 12.1 Å². The fraction of sp³-hybridized carbons (Fsp3) is 0.583. The number of fused-ring (bicyclic) bond motifs is 2. The molecule has 0 aromatic carbocycles. The lowest BCUT2D eigenvalue weighted by Gasteiger charge is -2.19. The lowest BCUT2D eigenvalue weighted by Crippen LogP contribution is -2.12. The van der Waals surface area contributed by atoms with Crippen LogP contribution in [0.3, 0.4) is 0 Å². The van der Waals surface area contributed by atoms with Crippen LogP contribution in [0.1, 0.15) is 47.9 Å². The molecule has 1 heterocycles. The van der Waals surface area contributed by atoms with Crippen LogP contribution in [0.5, 0.6) is 0 Å². The Morgan fingerprint density at radius 2 is 2.27 bits per heavy atom. The van der Waals surface area contributed by atoms with Crippen molar-refractivity contribution in [3.05, 3.63) is 23.8 Å².